The predicted molar refractivity (Wildman–Crippen MR) is 99.7 cm³/mol. The van der Waals surface area contributed by atoms with Crippen LogP contribution in [0.5, 0.6) is 5.75 Å². The summed E-state index contributed by atoms with van der Waals surface area (Å²) in [7, 11) is 1.63. The Balaban J connectivity index is 1.80. The average Bonchev–Trinajstić information content (AvgIpc) is 2.59. The molecule has 1 heterocycles. The molecule has 0 spiro atoms. The van der Waals surface area contributed by atoms with Crippen molar-refractivity contribution >= 4 is 5.91 Å². The molecule has 1 aromatic carbocycles. The Hall–Kier alpha value is -2.83. The summed E-state index contributed by atoms with van der Waals surface area (Å²) in [6, 6.07) is 7.89. The molecule has 1 atom stereocenters. The van der Waals surface area contributed by atoms with Gasteiger partial charge in [0.2, 0.25) is 5.91 Å². The number of amides is 1. The molecule has 3 N–H and O–H groups in total. The van der Waals surface area contributed by atoms with Crippen molar-refractivity contribution in [3.05, 3.63) is 61.9 Å². The van der Waals surface area contributed by atoms with Crippen LogP contribution in [-0.4, -0.2) is 29.0 Å². The number of carbonyl (C=O) groups is 1. The van der Waals surface area contributed by atoms with Crippen molar-refractivity contribution in [2.45, 2.75) is 45.6 Å². The predicted octanol–water partition coefficient (Wildman–Crippen LogP) is 1.45. The topological polar surface area (TPSA) is 104 Å². The number of aromatic amines is 2. The van der Waals surface area contributed by atoms with E-state index in [0.717, 1.165) is 18.6 Å². The lowest BCUT2D eigenvalue weighted by atomic mass is 10.1. The minimum atomic E-state index is -0.534. The Labute approximate surface area is 151 Å². The number of benzene rings is 1. The fraction of sp³-hybridized carbons (Fsp3) is 0.421. The van der Waals surface area contributed by atoms with Crippen LogP contribution in [0.4, 0.5) is 0 Å². The van der Waals surface area contributed by atoms with E-state index in [4.69, 9.17) is 4.74 Å². The van der Waals surface area contributed by atoms with Gasteiger partial charge in [0, 0.05) is 23.7 Å². The standard InChI is InChI=1S/C19H25N3O4/c1-12(4-5-14-6-8-15(26-3)9-7-14)20-17(23)11-10-16-13(2)21-19(25)22-18(16)24/h6-9,12H,4-5,10-11H2,1-3H3,(H,20,23)(H2,21,22,24,25). The molecule has 7 heteroatoms. The second kappa shape index (κ2) is 9.03. The lowest BCUT2D eigenvalue weighted by molar-refractivity contribution is -0.121. The van der Waals surface area contributed by atoms with Gasteiger partial charge in [-0.05, 0) is 50.8 Å². The van der Waals surface area contributed by atoms with E-state index in [9.17, 15) is 14.4 Å². The molecule has 2 rings (SSSR count). The number of hydrogen-bond acceptors (Lipinski definition) is 4. The lowest BCUT2D eigenvalue weighted by Crippen LogP contribution is -2.34. The van der Waals surface area contributed by atoms with Crippen molar-refractivity contribution in [1.29, 1.82) is 0 Å². The zero-order valence-electron chi connectivity index (χ0n) is 15.3. The first-order valence-electron chi connectivity index (χ1n) is 8.63. The molecule has 1 amide bonds. The van der Waals surface area contributed by atoms with E-state index in [-0.39, 0.29) is 24.8 Å². The van der Waals surface area contributed by atoms with E-state index in [0.29, 0.717) is 11.3 Å². The Morgan fingerprint density at radius 2 is 1.85 bits per heavy atom. The monoisotopic (exact) mass is 359 g/mol. The Morgan fingerprint density at radius 1 is 1.15 bits per heavy atom. The van der Waals surface area contributed by atoms with Crippen LogP contribution in [0.2, 0.25) is 0 Å². The smallest absolute Gasteiger partial charge is 0.325 e. The third kappa shape index (κ3) is 5.61. The van der Waals surface area contributed by atoms with Crippen molar-refractivity contribution < 1.29 is 9.53 Å². The molecular weight excluding hydrogens is 334 g/mol. The summed E-state index contributed by atoms with van der Waals surface area (Å²) in [5.74, 6) is 0.708. The quantitative estimate of drug-likeness (QED) is 0.663. The van der Waals surface area contributed by atoms with Crippen molar-refractivity contribution in [1.82, 2.24) is 15.3 Å². The van der Waals surface area contributed by atoms with Gasteiger partial charge >= 0.3 is 5.69 Å². The van der Waals surface area contributed by atoms with E-state index in [1.165, 1.54) is 5.56 Å². The molecule has 0 radical (unpaired) electrons. The van der Waals surface area contributed by atoms with Crippen LogP contribution in [0.15, 0.2) is 33.9 Å². The number of hydrogen-bond donors (Lipinski definition) is 3. The number of aromatic nitrogens is 2. The first kappa shape index (κ1) is 19.5. The summed E-state index contributed by atoms with van der Waals surface area (Å²) in [6.45, 7) is 3.61. The molecule has 7 nitrogen and oxygen atoms in total. The Bertz CT molecular complexity index is 852. The summed E-state index contributed by atoms with van der Waals surface area (Å²) < 4.78 is 5.13. The normalized spacial score (nSPS) is 11.8. The van der Waals surface area contributed by atoms with Crippen LogP contribution >= 0.6 is 0 Å². The maximum Gasteiger partial charge on any atom is 0.325 e. The second-order valence-electron chi connectivity index (χ2n) is 6.37. The van der Waals surface area contributed by atoms with Gasteiger partial charge in [-0.1, -0.05) is 12.1 Å². The summed E-state index contributed by atoms with van der Waals surface area (Å²) in [5.41, 5.74) is 1.14. The fourth-order valence-electron chi connectivity index (χ4n) is 2.76. The molecule has 26 heavy (non-hydrogen) atoms. The van der Waals surface area contributed by atoms with Gasteiger partial charge in [0.15, 0.2) is 0 Å². The van der Waals surface area contributed by atoms with Gasteiger partial charge in [0.05, 0.1) is 7.11 Å². The van der Waals surface area contributed by atoms with Gasteiger partial charge in [-0.2, -0.15) is 0 Å². The van der Waals surface area contributed by atoms with Crippen molar-refractivity contribution in [3.63, 3.8) is 0 Å². The van der Waals surface area contributed by atoms with Crippen molar-refractivity contribution in [2.24, 2.45) is 0 Å². The molecule has 0 aliphatic rings. The molecule has 1 unspecified atom stereocenters. The number of H-pyrrole nitrogens is 2. The number of nitrogens with one attached hydrogen (secondary N) is 3. The zero-order chi connectivity index (χ0) is 19.1. The van der Waals surface area contributed by atoms with Gasteiger partial charge < -0.3 is 15.0 Å². The Kier molecular flexibility index (Phi) is 6.77. The van der Waals surface area contributed by atoms with Crippen LogP contribution in [0.3, 0.4) is 0 Å². The van der Waals surface area contributed by atoms with Gasteiger partial charge in [-0.3, -0.25) is 14.6 Å². The third-order valence-electron chi connectivity index (χ3n) is 4.29. The minimum Gasteiger partial charge on any atom is -0.497 e. The molecule has 0 aliphatic carbocycles. The van der Waals surface area contributed by atoms with Crippen molar-refractivity contribution in [3.8, 4) is 5.75 Å². The van der Waals surface area contributed by atoms with Crippen LogP contribution in [-0.2, 0) is 17.6 Å². The number of rotatable bonds is 8. The first-order valence-corrected chi connectivity index (χ1v) is 8.63. The highest BCUT2D eigenvalue weighted by molar-refractivity contribution is 5.76. The van der Waals surface area contributed by atoms with Gasteiger partial charge in [-0.25, -0.2) is 4.79 Å². The second-order valence-corrected chi connectivity index (χ2v) is 6.37. The molecule has 0 saturated heterocycles. The van der Waals surface area contributed by atoms with Crippen molar-refractivity contribution in [2.75, 3.05) is 7.11 Å². The third-order valence-corrected chi connectivity index (χ3v) is 4.29. The molecule has 0 fully saturated rings. The summed E-state index contributed by atoms with van der Waals surface area (Å²) in [5, 5.41) is 2.95. The molecule has 0 saturated carbocycles. The van der Waals surface area contributed by atoms with E-state index in [1.54, 1.807) is 14.0 Å². The maximum absolute atomic E-state index is 12.1. The number of ether oxygens (including phenoxy) is 1. The van der Waals surface area contributed by atoms with Crippen LogP contribution in [0, 0.1) is 6.92 Å². The lowest BCUT2D eigenvalue weighted by Gasteiger charge is -2.14. The molecule has 0 bridgehead atoms. The number of aryl methyl sites for hydroxylation is 2. The van der Waals surface area contributed by atoms with Crippen LogP contribution in [0.1, 0.15) is 36.6 Å². The Morgan fingerprint density at radius 3 is 2.46 bits per heavy atom. The SMILES string of the molecule is COc1ccc(CCC(C)NC(=O)CCc2c(C)[nH]c(=O)[nH]c2=O)cc1. The van der Waals surface area contributed by atoms with Crippen LogP contribution < -0.4 is 21.3 Å². The molecule has 140 valence electrons. The van der Waals surface area contributed by atoms with Gasteiger partial charge in [0.1, 0.15) is 5.75 Å². The summed E-state index contributed by atoms with van der Waals surface area (Å²) in [4.78, 5) is 39.8. The highest BCUT2D eigenvalue weighted by Crippen LogP contribution is 2.13. The van der Waals surface area contributed by atoms with E-state index >= 15 is 0 Å². The first-order chi connectivity index (χ1) is 12.4. The van der Waals surface area contributed by atoms with Gasteiger partial charge in [0.25, 0.3) is 5.56 Å². The number of carbonyl (C=O) groups excluding carboxylic acids is 1. The molecular formula is C19H25N3O4. The van der Waals surface area contributed by atoms with E-state index < -0.39 is 11.2 Å². The average molecular weight is 359 g/mol. The van der Waals surface area contributed by atoms with Gasteiger partial charge in [-0.15, -0.1) is 0 Å². The highest BCUT2D eigenvalue weighted by Gasteiger charge is 2.11. The molecule has 1 aromatic heterocycles. The fourth-order valence-corrected chi connectivity index (χ4v) is 2.76. The van der Waals surface area contributed by atoms with Crippen LogP contribution in [0.25, 0.3) is 0 Å². The summed E-state index contributed by atoms with van der Waals surface area (Å²) in [6.07, 6.45) is 2.15. The zero-order valence-corrected chi connectivity index (χ0v) is 15.3. The largest absolute Gasteiger partial charge is 0.497 e. The number of methoxy groups -OCH3 is 1. The maximum atomic E-state index is 12.1. The minimum absolute atomic E-state index is 0.0274. The molecule has 0 aliphatic heterocycles. The highest BCUT2D eigenvalue weighted by atomic mass is 16.5. The summed E-state index contributed by atoms with van der Waals surface area (Å²) >= 11 is 0. The molecule has 2 aromatic rings. The van der Waals surface area contributed by atoms with E-state index in [1.807, 2.05) is 31.2 Å². The van der Waals surface area contributed by atoms with E-state index in [2.05, 4.69) is 15.3 Å².